The maximum Gasteiger partial charge on any atom is 0.295 e. The number of hydrazine groups is 1. The Morgan fingerprint density at radius 2 is 1.85 bits per heavy atom. The predicted molar refractivity (Wildman–Crippen MR) is 78.0 cm³/mol. The zero-order valence-electron chi connectivity index (χ0n) is 12.2. The first kappa shape index (κ1) is 16.2. The molecule has 0 bridgehead atoms. The number of nitrogens with zero attached hydrogens (tertiary/aromatic N) is 2. The second-order valence-corrected chi connectivity index (χ2v) is 4.44. The average molecular weight is 293 g/mol. The van der Waals surface area contributed by atoms with Crippen LogP contribution >= 0.6 is 0 Å². The van der Waals surface area contributed by atoms with Gasteiger partial charge in [-0.1, -0.05) is 19.1 Å². The fraction of sp³-hybridized carbons (Fsp3) is 0.333. The number of hydrogen-bond donors (Lipinski definition) is 1. The predicted octanol–water partition coefficient (Wildman–Crippen LogP) is -0.376. The van der Waals surface area contributed by atoms with Gasteiger partial charge in [0.15, 0.2) is 0 Å². The van der Waals surface area contributed by atoms with Gasteiger partial charge in [-0.25, -0.2) is 9.99 Å². The Kier molecular flexibility index (Phi) is 6.25. The van der Waals surface area contributed by atoms with Crippen molar-refractivity contribution < 1.29 is 17.4 Å². The number of benzene rings is 1. The summed E-state index contributed by atoms with van der Waals surface area (Å²) in [7, 11) is 0. The number of aromatic amines is 1. The molecule has 0 radical (unpaired) electrons. The highest BCUT2D eigenvalue weighted by atomic mass is 35.5. The van der Waals surface area contributed by atoms with Gasteiger partial charge in [0.1, 0.15) is 0 Å². The summed E-state index contributed by atoms with van der Waals surface area (Å²) in [5, 5.41) is 2.03. The first-order valence-corrected chi connectivity index (χ1v) is 6.71. The van der Waals surface area contributed by atoms with Gasteiger partial charge in [-0.3, -0.25) is 5.43 Å². The van der Waals surface area contributed by atoms with Crippen LogP contribution in [0.3, 0.4) is 0 Å². The third-order valence-corrected chi connectivity index (χ3v) is 3.03. The van der Waals surface area contributed by atoms with Crippen LogP contribution in [0.25, 0.3) is 0 Å². The fourth-order valence-electron chi connectivity index (χ4n) is 1.90. The molecule has 2 aromatic rings. The molecule has 0 unspecified atom stereocenters. The molecule has 0 atom stereocenters. The third-order valence-electron chi connectivity index (χ3n) is 3.03. The van der Waals surface area contributed by atoms with Crippen LogP contribution in [0.2, 0.25) is 0 Å². The summed E-state index contributed by atoms with van der Waals surface area (Å²) in [6.07, 6.45) is 2.97. The summed E-state index contributed by atoms with van der Waals surface area (Å²) in [6, 6.07) is 10.5. The first-order chi connectivity index (χ1) is 9.22. The van der Waals surface area contributed by atoms with E-state index in [4.69, 9.17) is 0 Å². The van der Waals surface area contributed by atoms with E-state index >= 15 is 0 Å². The van der Waals surface area contributed by atoms with E-state index in [1.807, 2.05) is 24.2 Å². The molecule has 0 saturated carbocycles. The normalized spacial score (nSPS) is 9.75. The maximum absolute atomic E-state index is 4.48. The molecule has 0 spiro atoms. The molecule has 2 rings (SSSR count). The molecule has 0 aliphatic carbocycles. The lowest BCUT2D eigenvalue weighted by atomic mass is 10.1. The summed E-state index contributed by atoms with van der Waals surface area (Å²) < 4.78 is 0. The van der Waals surface area contributed by atoms with E-state index in [0.717, 1.165) is 30.3 Å². The summed E-state index contributed by atoms with van der Waals surface area (Å²) >= 11 is 0. The van der Waals surface area contributed by atoms with Crippen LogP contribution < -0.4 is 27.8 Å². The van der Waals surface area contributed by atoms with Crippen molar-refractivity contribution in [2.24, 2.45) is 0 Å². The summed E-state index contributed by atoms with van der Waals surface area (Å²) in [4.78, 5) is 7.55. The minimum absolute atomic E-state index is 0. The van der Waals surface area contributed by atoms with E-state index in [2.05, 4.69) is 53.5 Å². The summed E-state index contributed by atoms with van der Waals surface area (Å²) in [5.41, 5.74) is 5.80. The van der Waals surface area contributed by atoms with E-state index in [0.29, 0.717) is 0 Å². The third kappa shape index (κ3) is 4.10. The van der Waals surface area contributed by atoms with E-state index in [1.165, 1.54) is 5.56 Å². The van der Waals surface area contributed by atoms with Gasteiger partial charge < -0.3 is 12.4 Å². The molecule has 0 fully saturated rings. The largest absolute Gasteiger partial charge is 1.00 e. The van der Waals surface area contributed by atoms with Crippen LogP contribution in [0.4, 0.5) is 11.5 Å². The molecule has 0 aliphatic heterocycles. The Labute approximate surface area is 126 Å². The van der Waals surface area contributed by atoms with Gasteiger partial charge in [-0.15, -0.1) is 0 Å². The number of halogens is 1. The quantitative estimate of drug-likeness (QED) is 0.764. The molecule has 4 nitrogen and oxygen atoms in total. The van der Waals surface area contributed by atoms with Gasteiger partial charge in [0.05, 0.1) is 11.9 Å². The van der Waals surface area contributed by atoms with Gasteiger partial charge in [0.25, 0.3) is 11.6 Å². The summed E-state index contributed by atoms with van der Waals surface area (Å²) in [6.45, 7) is 7.05. The van der Waals surface area contributed by atoms with E-state index < -0.39 is 0 Å². The Balaban J connectivity index is 0.00000200. The van der Waals surface area contributed by atoms with E-state index in [-0.39, 0.29) is 12.4 Å². The van der Waals surface area contributed by atoms with Gasteiger partial charge in [-0.05, 0) is 36.0 Å². The Bertz CT molecular complexity index is 528. The van der Waals surface area contributed by atoms with Crippen LogP contribution in [0.5, 0.6) is 0 Å². The highest BCUT2D eigenvalue weighted by Crippen LogP contribution is 2.14. The molecule has 20 heavy (non-hydrogen) atoms. The average Bonchev–Trinajstić information content (AvgIpc) is 2.45. The highest BCUT2D eigenvalue weighted by Gasteiger charge is 2.11. The fourth-order valence-corrected chi connectivity index (χ4v) is 1.90. The molecule has 0 aliphatic rings. The number of aromatic nitrogens is 2. The lowest BCUT2D eigenvalue weighted by Crippen LogP contribution is -3.00. The Morgan fingerprint density at radius 1 is 1.15 bits per heavy atom. The number of H-pyrrole nitrogens is 1. The molecule has 1 aromatic carbocycles. The van der Waals surface area contributed by atoms with Crippen molar-refractivity contribution in [1.29, 1.82) is 0 Å². The topological polar surface area (TPSA) is 42.3 Å². The lowest BCUT2D eigenvalue weighted by molar-refractivity contribution is -0.392. The van der Waals surface area contributed by atoms with E-state index in [9.17, 15) is 0 Å². The van der Waals surface area contributed by atoms with Crippen LogP contribution in [-0.2, 0) is 6.42 Å². The van der Waals surface area contributed by atoms with Gasteiger partial charge in [-0.2, -0.15) is 0 Å². The molecule has 1 aromatic heterocycles. The van der Waals surface area contributed by atoms with Gasteiger partial charge >= 0.3 is 0 Å². The van der Waals surface area contributed by atoms with Gasteiger partial charge in [0, 0.05) is 19.5 Å². The van der Waals surface area contributed by atoms with Crippen molar-refractivity contribution in [2.45, 2.75) is 27.2 Å². The molecule has 5 heteroatoms. The van der Waals surface area contributed by atoms with Crippen molar-refractivity contribution in [3.05, 3.63) is 47.9 Å². The molecule has 0 amide bonds. The lowest BCUT2D eigenvalue weighted by Gasteiger charge is -2.21. The molecular formula is C15H21ClN4. The first-order valence-electron chi connectivity index (χ1n) is 6.71. The second-order valence-electron chi connectivity index (χ2n) is 4.44. The van der Waals surface area contributed by atoms with Crippen LogP contribution in [0.15, 0.2) is 36.5 Å². The monoisotopic (exact) mass is 292 g/mol. The molecule has 0 saturated heterocycles. The van der Waals surface area contributed by atoms with Crippen molar-refractivity contribution in [3.8, 4) is 0 Å². The number of anilines is 2. The van der Waals surface area contributed by atoms with Crippen LogP contribution in [-0.4, -0.2) is 11.5 Å². The minimum atomic E-state index is 0. The van der Waals surface area contributed by atoms with Crippen molar-refractivity contribution in [1.82, 2.24) is 4.98 Å². The zero-order valence-corrected chi connectivity index (χ0v) is 12.9. The number of hydrogen-bond acceptors (Lipinski definition) is 3. The van der Waals surface area contributed by atoms with Crippen LogP contribution in [0.1, 0.15) is 25.2 Å². The highest BCUT2D eigenvalue weighted by molar-refractivity contribution is 5.51. The standard InChI is InChI=1S/C15H20N4.ClH/c1-4-13-6-8-14(9-7-13)18-19(5-2)15-10-11-16-12(3)17-15;/h6-11,18H,4-5H2,1-3H3;1H. The van der Waals surface area contributed by atoms with Crippen molar-refractivity contribution >= 4 is 11.5 Å². The minimum Gasteiger partial charge on any atom is -1.00 e. The SMILES string of the molecule is CCc1ccc(NN(CC)c2cc[nH+]c(C)n2)cc1.[Cl-]. The molecule has 108 valence electrons. The molecule has 1 heterocycles. The van der Waals surface area contributed by atoms with Gasteiger partial charge in [0.2, 0.25) is 0 Å². The van der Waals surface area contributed by atoms with Crippen LogP contribution in [0, 0.1) is 6.92 Å². The van der Waals surface area contributed by atoms with Crippen molar-refractivity contribution in [3.63, 3.8) is 0 Å². The zero-order chi connectivity index (χ0) is 13.7. The number of nitrogens with one attached hydrogen (secondary N) is 2. The summed E-state index contributed by atoms with van der Waals surface area (Å²) in [5.74, 6) is 1.82. The van der Waals surface area contributed by atoms with Crippen molar-refractivity contribution in [2.75, 3.05) is 17.0 Å². The number of aryl methyl sites for hydroxylation is 2. The Morgan fingerprint density at radius 3 is 2.40 bits per heavy atom. The molecule has 2 N–H and O–H groups in total. The maximum atomic E-state index is 4.48. The molecular weight excluding hydrogens is 272 g/mol. The Hall–Kier alpha value is -1.81. The second kappa shape index (κ2) is 7.70. The van der Waals surface area contributed by atoms with E-state index in [1.54, 1.807) is 0 Å². The number of rotatable bonds is 5. The smallest absolute Gasteiger partial charge is 0.295 e.